The van der Waals surface area contributed by atoms with Crippen molar-refractivity contribution in [1.29, 1.82) is 0 Å². The molecular weight excluding hydrogens is 551 g/mol. The molecule has 198 valence electrons. The van der Waals surface area contributed by atoms with E-state index in [-0.39, 0.29) is 17.2 Å². The minimum atomic E-state index is -2.00. The van der Waals surface area contributed by atoms with Crippen LogP contribution in [0.15, 0.2) is 9.66 Å². The van der Waals surface area contributed by atoms with Gasteiger partial charge in [0, 0.05) is 11.8 Å². The zero-order valence-corrected chi connectivity index (χ0v) is 29.3. The Morgan fingerprint density at radius 3 is 1.55 bits per heavy atom. The minimum absolute atomic E-state index is 0.160. The first kappa shape index (κ1) is 33.8. The first-order valence-electron chi connectivity index (χ1n) is 13.5. The van der Waals surface area contributed by atoms with Crippen LogP contribution in [0.1, 0.15) is 103 Å². The van der Waals surface area contributed by atoms with Gasteiger partial charge in [0.2, 0.25) is 8.32 Å². The van der Waals surface area contributed by atoms with Crippen molar-refractivity contribution in [2.75, 3.05) is 0 Å². The van der Waals surface area contributed by atoms with Crippen LogP contribution in [0.3, 0.4) is 0 Å². The highest BCUT2D eigenvalue weighted by atomic mass is 127. The van der Waals surface area contributed by atoms with Crippen molar-refractivity contribution in [3.8, 4) is 0 Å². The van der Waals surface area contributed by atoms with Crippen LogP contribution in [0.2, 0.25) is 34.8 Å². The first-order valence-corrected chi connectivity index (χ1v) is 19.6. The smallest absolute Gasteiger partial charge is 0.200 e. The van der Waals surface area contributed by atoms with Gasteiger partial charge in [0.25, 0.3) is 0 Å². The molecule has 5 heteroatoms. The van der Waals surface area contributed by atoms with Crippen molar-refractivity contribution in [1.82, 2.24) is 0 Å². The monoisotopic (exact) mass is 610 g/mol. The summed E-state index contributed by atoms with van der Waals surface area (Å²) in [6, 6.07) is 0. The summed E-state index contributed by atoms with van der Waals surface area (Å²) >= 11 is 2.45. The Morgan fingerprint density at radius 1 is 0.818 bits per heavy atom. The highest BCUT2D eigenvalue weighted by molar-refractivity contribution is 14.1. The second-order valence-electron chi connectivity index (χ2n) is 13.1. The van der Waals surface area contributed by atoms with Crippen LogP contribution in [0.5, 0.6) is 0 Å². The molecule has 0 aliphatic carbocycles. The van der Waals surface area contributed by atoms with E-state index >= 15 is 0 Å². The predicted octanol–water partition coefficient (Wildman–Crippen LogP) is 10.6. The van der Waals surface area contributed by atoms with E-state index < -0.39 is 16.6 Å². The van der Waals surface area contributed by atoms with Gasteiger partial charge in [-0.15, -0.1) is 0 Å². The Morgan fingerprint density at radius 2 is 1.24 bits per heavy atom. The van der Waals surface area contributed by atoms with E-state index in [0.717, 1.165) is 6.42 Å². The number of halogens is 1. The van der Waals surface area contributed by atoms with Crippen LogP contribution in [0, 0.1) is 17.8 Å². The molecule has 0 amide bonds. The van der Waals surface area contributed by atoms with Crippen LogP contribution >= 0.6 is 22.6 Å². The third kappa shape index (κ3) is 8.71. The largest absolute Gasteiger partial charge is 0.413 e. The standard InChI is InChI=1S/C28H59IO2Si2/c1-17-22(8)26(31-33(19(2)3,20(4)5)21(6)7)25(11)27(23(9)18-24(10)29)30-32(15,16)28(12,13)14/h18-23,25-27H,17H2,1-16H3/b24-18+/t22-,23-,25+,26-,27+/m1/s1. The van der Waals surface area contributed by atoms with Gasteiger partial charge in [0.15, 0.2) is 8.32 Å². The van der Waals surface area contributed by atoms with E-state index in [2.05, 4.69) is 139 Å². The SMILES string of the molecule is CC[C@@H](C)[C@@H](O[Si](C(C)C)(C(C)C)C(C)C)[C@H](C)[C@@H](O[Si](C)(C)C(C)(C)C)[C@H](C)/C=C(\C)I. The van der Waals surface area contributed by atoms with Crippen LogP contribution in [0.4, 0.5) is 0 Å². The van der Waals surface area contributed by atoms with Gasteiger partial charge in [-0.25, -0.2) is 0 Å². The Kier molecular flexibility index (Phi) is 13.7. The average molecular weight is 611 g/mol. The Bertz CT molecular complexity index is 582. The van der Waals surface area contributed by atoms with Crippen LogP contribution in [-0.4, -0.2) is 28.8 Å². The van der Waals surface area contributed by atoms with Crippen molar-refractivity contribution < 1.29 is 8.85 Å². The summed E-state index contributed by atoms with van der Waals surface area (Å²) in [5, 5.41) is 0.187. The molecule has 0 radical (unpaired) electrons. The van der Waals surface area contributed by atoms with E-state index in [9.17, 15) is 0 Å². The normalized spacial score (nSPS) is 19.2. The van der Waals surface area contributed by atoms with Crippen molar-refractivity contribution >= 4 is 39.2 Å². The van der Waals surface area contributed by atoms with Gasteiger partial charge in [-0.05, 0) is 73.8 Å². The highest BCUT2D eigenvalue weighted by Gasteiger charge is 2.50. The summed E-state index contributed by atoms with van der Waals surface area (Å²) in [5.74, 6) is 1.19. The molecule has 0 aliphatic heterocycles. The fourth-order valence-corrected chi connectivity index (χ4v) is 13.2. The maximum Gasteiger partial charge on any atom is 0.200 e. The zero-order valence-electron chi connectivity index (χ0n) is 25.1. The minimum Gasteiger partial charge on any atom is -0.413 e. The van der Waals surface area contributed by atoms with Gasteiger partial charge in [0.05, 0.1) is 12.2 Å². The van der Waals surface area contributed by atoms with Crippen LogP contribution in [0.25, 0.3) is 0 Å². The Hall–Kier alpha value is 0.824. The van der Waals surface area contributed by atoms with Gasteiger partial charge in [0.1, 0.15) is 0 Å². The number of rotatable bonds is 13. The average Bonchev–Trinajstić information content (AvgIpc) is 2.63. The van der Waals surface area contributed by atoms with Crippen molar-refractivity contribution in [3.63, 3.8) is 0 Å². The van der Waals surface area contributed by atoms with E-state index in [1.807, 2.05) is 0 Å². The second kappa shape index (κ2) is 13.4. The predicted molar refractivity (Wildman–Crippen MR) is 164 cm³/mol. The lowest BCUT2D eigenvalue weighted by atomic mass is 9.83. The third-order valence-corrected chi connectivity index (χ3v) is 19.5. The lowest BCUT2D eigenvalue weighted by Gasteiger charge is -2.50. The molecule has 0 N–H and O–H groups in total. The van der Waals surface area contributed by atoms with Crippen LogP contribution in [-0.2, 0) is 8.85 Å². The number of hydrogen-bond acceptors (Lipinski definition) is 2. The van der Waals surface area contributed by atoms with Gasteiger partial charge >= 0.3 is 0 Å². The Balaban J connectivity index is 6.58. The lowest BCUT2D eigenvalue weighted by molar-refractivity contribution is -0.00989. The molecule has 0 aromatic carbocycles. The topological polar surface area (TPSA) is 18.5 Å². The number of hydrogen-bond donors (Lipinski definition) is 0. The quantitative estimate of drug-likeness (QED) is 0.153. The van der Waals surface area contributed by atoms with Gasteiger partial charge < -0.3 is 8.85 Å². The molecule has 0 aliphatic rings. The summed E-state index contributed by atoms with van der Waals surface area (Å²) in [6.07, 6.45) is 3.92. The maximum absolute atomic E-state index is 7.52. The van der Waals surface area contributed by atoms with E-state index in [4.69, 9.17) is 8.85 Å². The van der Waals surface area contributed by atoms with E-state index in [0.29, 0.717) is 34.4 Å². The molecule has 0 spiro atoms. The molecule has 0 aromatic heterocycles. The second-order valence-corrected chi connectivity index (χ2v) is 25.0. The summed E-state index contributed by atoms with van der Waals surface area (Å²) in [5.41, 5.74) is 1.76. The van der Waals surface area contributed by atoms with Crippen molar-refractivity contribution in [2.45, 2.75) is 150 Å². The molecule has 33 heavy (non-hydrogen) atoms. The number of allylic oxidation sites excluding steroid dienone is 1. The fourth-order valence-electron chi connectivity index (χ4n) is 5.47. The van der Waals surface area contributed by atoms with E-state index in [1.54, 1.807) is 0 Å². The fraction of sp³-hybridized carbons (Fsp3) is 0.929. The molecule has 0 heterocycles. The molecule has 0 unspecified atom stereocenters. The van der Waals surface area contributed by atoms with Gasteiger partial charge in [-0.3, -0.25) is 0 Å². The summed E-state index contributed by atoms with van der Waals surface area (Å²) in [7, 11) is -3.94. The molecule has 5 atom stereocenters. The molecule has 0 bridgehead atoms. The first-order chi connectivity index (χ1) is 14.8. The summed E-state index contributed by atoms with van der Waals surface area (Å²) in [4.78, 5) is 0. The maximum atomic E-state index is 7.52. The highest BCUT2D eigenvalue weighted by Crippen LogP contribution is 2.46. The molecular formula is C28H59IO2Si2. The van der Waals surface area contributed by atoms with E-state index in [1.165, 1.54) is 3.58 Å². The van der Waals surface area contributed by atoms with Crippen molar-refractivity contribution in [2.24, 2.45) is 17.8 Å². The van der Waals surface area contributed by atoms with Gasteiger partial charge in [-0.2, -0.15) is 0 Å². The third-order valence-electron chi connectivity index (χ3n) is 8.54. The summed E-state index contributed by atoms with van der Waals surface area (Å²) < 4.78 is 16.1. The zero-order chi connectivity index (χ0) is 26.5. The molecule has 0 saturated carbocycles. The molecule has 0 rings (SSSR count). The van der Waals surface area contributed by atoms with Crippen molar-refractivity contribution in [3.05, 3.63) is 9.66 Å². The lowest BCUT2D eigenvalue weighted by Crippen LogP contribution is -2.55. The Labute approximate surface area is 224 Å². The summed E-state index contributed by atoms with van der Waals surface area (Å²) in [6.45, 7) is 37.9. The van der Waals surface area contributed by atoms with Crippen LogP contribution < -0.4 is 0 Å². The molecule has 2 nitrogen and oxygen atoms in total. The molecule has 0 aromatic rings. The molecule has 0 saturated heterocycles. The van der Waals surface area contributed by atoms with Gasteiger partial charge in [-0.1, -0.05) is 103 Å². The molecule has 0 fully saturated rings.